The van der Waals surface area contributed by atoms with Crippen LogP contribution in [0.5, 0.6) is 5.75 Å². The van der Waals surface area contributed by atoms with Crippen molar-refractivity contribution >= 4 is 11.6 Å². The molecule has 0 aliphatic carbocycles. The minimum absolute atomic E-state index is 0.0744. The Morgan fingerprint density at radius 1 is 1.21 bits per heavy atom. The van der Waals surface area contributed by atoms with E-state index in [-0.39, 0.29) is 11.9 Å². The van der Waals surface area contributed by atoms with Crippen LogP contribution in [0.1, 0.15) is 30.1 Å². The zero-order valence-electron chi connectivity index (χ0n) is 16.3. The predicted octanol–water partition coefficient (Wildman–Crippen LogP) is 2.62. The third-order valence-corrected chi connectivity index (χ3v) is 5.14. The van der Waals surface area contributed by atoms with Crippen LogP contribution in [-0.2, 0) is 0 Å². The summed E-state index contributed by atoms with van der Waals surface area (Å²) in [5, 5.41) is 7.51. The smallest absolute Gasteiger partial charge is 0.257 e. The maximum atomic E-state index is 12.8. The number of aromatic nitrogens is 3. The van der Waals surface area contributed by atoms with Gasteiger partial charge in [0.2, 0.25) is 0 Å². The van der Waals surface area contributed by atoms with E-state index in [2.05, 4.69) is 20.3 Å². The van der Waals surface area contributed by atoms with Gasteiger partial charge in [0.15, 0.2) is 5.65 Å². The molecule has 1 atom stereocenters. The number of methoxy groups -OCH3 is 1. The molecule has 28 heavy (non-hydrogen) atoms. The number of likely N-dealkylation sites (tertiary alicyclic amines) is 1. The van der Waals surface area contributed by atoms with Crippen LogP contribution in [0.15, 0.2) is 42.7 Å². The van der Waals surface area contributed by atoms with Gasteiger partial charge >= 0.3 is 0 Å². The summed E-state index contributed by atoms with van der Waals surface area (Å²) >= 11 is 0. The number of benzene rings is 1. The average molecular weight is 379 g/mol. The summed E-state index contributed by atoms with van der Waals surface area (Å²) in [6.45, 7) is 5.14. The Morgan fingerprint density at radius 2 is 1.96 bits per heavy atom. The molecule has 3 aromatic rings. The quantitative estimate of drug-likeness (QED) is 0.713. The summed E-state index contributed by atoms with van der Waals surface area (Å²) in [6, 6.07) is 9.70. The first-order valence-electron chi connectivity index (χ1n) is 9.66. The summed E-state index contributed by atoms with van der Waals surface area (Å²) in [5.74, 6) is 0.655. The van der Waals surface area contributed by atoms with Crippen LogP contribution >= 0.6 is 0 Å². The van der Waals surface area contributed by atoms with E-state index in [0.29, 0.717) is 11.2 Å². The number of carbonyl (C=O) groups excluding carboxylic acids is 1. The number of nitrogens with one attached hydrogen (secondary N) is 1. The number of amides is 1. The first kappa shape index (κ1) is 18.4. The highest BCUT2D eigenvalue weighted by Gasteiger charge is 2.20. The monoisotopic (exact) mass is 379 g/mol. The van der Waals surface area contributed by atoms with Gasteiger partial charge in [-0.15, -0.1) is 0 Å². The third kappa shape index (κ3) is 3.71. The van der Waals surface area contributed by atoms with Gasteiger partial charge in [-0.25, -0.2) is 9.50 Å². The van der Waals surface area contributed by atoms with Gasteiger partial charge in [-0.1, -0.05) is 0 Å². The second-order valence-electron chi connectivity index (χ2n) is 7.23. The fraction of sp³-hybridized carbons (Fsp3) is 0.381. The Kier molecular flexibility index (Phi) is 5.25. The zero-order chi connectivity index (χ0) is 19.5. The molecule has 1 aliphatic heterocycles. The SMILES string of the molecule is COc1ccc(-c2ccnc3c(C(=O)N[C@H](C)CN4CCCC4)cnn23)cc1. The minimum Gasteiger partial charge on any atom is -0.497 e. The van der Waals surface area contributed by atoms with Crippen molar-refractivity contribution in [3.8, 4) is 17.0 Å². The topological polar surface area (TPSA) is 71.8 Å². The van der Waals surface area contributed by atoms with E-state index in [9.17, 15) is 4.79 Å². The highest BCUT2D eigenvalue weighted by atomic mass is 16.5. The van der Waals surface area contributed by atoms with Crippen molar-refractivity contribution < 1.29 is 9.53 Å². The van der Waals surface area contributed by atoms with Crippen LogP contribution in [0.4, 0.5) is 0 Å². The van der Waals surface area contributed by atoms with Gasteiger partial charge in [-0.2, -0.15) is 5.10 Å². The number of rotatable bonds is 6. The van der Waals surface area contributed by atoms with E-state index in [0.717, 1.165) is 36.6 Å². The molecule has 4 rings (SSSR count). The number of carbonyl (C=O) groups is 1. The van der Waals surface area contributed by atoms with Crippen LogP contribution in [-0.4, -0.2) is 58.2 Å². The molecule has 3 heterocycles. The van der Waals surface area contributed by atoms with E-state index in [1.807, 2.05) is 37.3 Å². The highest BCUT2D eigenvalue weighted by molar-refractivity contribution is 6.00. The first-order chi connectivity index (χ1) is 13.7. The summed E-state index contributed by atoms with van der Waals surface area (Å²) in [4.78, 5) is 19.6. The van der Waals surface area contributed by atoms with Gasteiger partial charge in [0.05, 0.1) is 19.0 Å². The fourth-order valence-corrected chi connectivity index (χ4v) is 3.73. The molecule has 7 nitrogen and oxygen atoms in total. The maximum Gasteiger partial charge on any atom is 0.257 e. The molecule has 146 valence electrons. The van der Waals surface area contributed by atoms with Crippen LogP contribution in [0.2, 0.25) is 0 Å². The van der Waals surface area contributed by atoms with Crippen LogP contribution in [0.3, 0.4) is 0 Å². The van der Waals surface area contributed by atoms with Crippen LogP contribution < -0.4 is 10.1 Å². The number of hydrogen-bond acceptors (Lipinski definition) is 5. The van der Waals surface area contributed by atoms with Gasteiger partial charge in [0.25, 0.3) is 5.91 Å². The number of nitrogens with zero attached hydrogens (tertiary/aromatic N) is 4. The average Bonchev–Trinajstić information content (AvgIpc) is 3.37. The van der Waals surface area contributed by atoms with Gasteiger partial charge in [0, 0.05) is 24.3 Å². The van der Waals surface area contributed by atoms with Crippen molar-refractivity contribution in [2.24, 2.45) is 0 Å². The molecule has 0 saturated carbocycles. The second-order valence-corrected chi connectivity index (χ2v) is 7.23. The summed E-state index contributed by atoms with van der Waals surface area (Å²) in [5.41, 5.74) is 2.89. The zero-order valence-corrected chi connectivity index (χ0v) is 16.3. The van der Waals surface area contributed by atoms with Gasteiger partial charge in [-0.05, 0) is 63.2 Å². The molecular weight excluding hydrogens is 354 g/mol. The predicted molar refractivity (Wildman–Crippen MR) is 108 cm³/mol. The molecule has 0 spiro atoms. The molecule has 0 bridgehead atoms. The molecule has 7 heteroatoms. The highest BCUT2D eigenvalue weighted by Crippen LogP contribution is 2.23. The lowest BCUT2D eigenvalue weighted by molar-refractivity contribution is 0.0933. The normalized spacial score (nSPS) is 15.6. The van der Waals surface area contributed by atoms with E-state index >= 15 is 0 Å². The molecule has 1 fully saturated rings. The van der Waals surface area contributed by atoms with Crippen molar-refractivity contribution in [1.29, 1.82) is 0 Å². The van der Waals surface area contributed by atoms with Crippen LogP contribution in [0, 0.1) is 0 Å². The Balaban J connectivity index is 1.56. The van der Waals surface area contributed by atoms with Crippen LogP contribution in [0.25, 0.3) is 16.9 Å². The van der Waals surface area contributed by atoms with Crippen molar-refractivity contribution in [3.05, 3.63) is 48.3 Å². The lowest BCUT2D eigenvalue weighted by Crippen LogP contribution is -2.41. The first-order valence-corrected chi connectivity index (χ1v) is 9.66. The lowest BCUT2D eigenvalue weighted by Gasteiger charge is -2.20. The van der Waals surface area contributed by atoms with E-state index < -0.39 is 0 Å². The van der Waals surface area contributed by atoms with E-state index in [1.54, 1.807) is 24.0 Å². The molecule has 1 aliphatic rings. The lowest BCUT2D eigenvalue weighted by atomic mass is 10.1. The van der Waals surface area contributed by atoms with E-state index in [1.165, 1.54) is 12.8 Å². The molecule has 1 aromatic carbocycles. The molecule has 0 radical (unpaired) electrons. The molecular formula is C21H25N5O2. The van der Waals surface area contributed by atoms with E-state index in [4.69, 9.17) is 4.74 Å². The fourth-order valence-electron chi connectivity index (χ4n) is 3.73. The maximum absolute atomic E-state index is 12.8. The summed E-state index contributed by atoms with van der Waals surface area (Å²) in [6.07, 6.45) is 5.79. The van der Waals surface area contributed by atoms with Gasteiger partial charge < -0.3 is 15.0 Å². The standard InChI is InChI=1S/C21H25N5O2/c1-15(14-25-11-3-4-12-25)24-21(27)18-13-23-26-19(9-10-22-20(18)26)16-5-7-17(28-2)8-6-16/h5-10,13,15H,3-4,11-12,14H2,1-2H3,(H,24,27)/t15-/m1/s1. The third-order valence-electron chi connectivity index (χ3n) is 5.14. The molecule has 0 unspecified atom stereocenters. The van der Waals surface area contributed by atoms with Crippen molar-refractivity contribution in [3.63, 3.8) is 0 Å². The Hall–Kier alpha value is -2.93. The molecule has 1 amide bonds. The van der Waals surface area contributed by atoms with Crippen molar-refractivity contribution in [1.82, 2.24) is 24.8 Å². The molecule has 2 aromatic heterocycles. The Bertz CT molecular complexity index is 961. The van der Waals surface area contributed by atoms with Gasteiger partial charge in [0.1, 0.15) is 11.3 Å². The van der Waals surface area contributed by atoms with Crippen molar-refractivity contribution in [2.45, 2.75) is 25.8 Å². The van der Waals surface area contributed by atoms with Gasteiger partial charge in [-0.3, -0.25) is 4.79 Å². The second kappa shape index (κ2) is 7.98. The number of fused-ring (bicyclic) bond motifs is 1. The number of hydrogen-bond donors (Lipinski definition) is 1. The summed E-state index contributed by atoms with van der Waals surface area (Å²) in [7, 11) is 1.64. The van der Waals surface area contributed by atoms with Crippen molar-refractivity contribution in [2.75, 3.05) is 26.7 Å². The molecule has 1 N–H and O–H groups in total. The Labute approximate surface area is 164 Å². The summed E-state index contributed by atoms with van der Waals surface area (Å²) < 4.78 is 6.93. The minimum atomic E-state index is -0.138. The Morgan fingerprint density at radius 3 is 2.68 bits per heavy atom. The number of ether oxygens (including phenoxy) is 1. The largest absolute Gasteiger partial charge is 0.497 e. The molecule has 1 saturated heterocycles.